The molecule has 0 aliphatic heterocycles. The van der Waals surface area contributed by atoms with Crippen LogP contribution < -0.4 is 0 Å². The molecule has 68 valence electrons. The lowest BCUT2D eigenvalue weighted by Crippen LogP contribution is -2.20. The van der Waals surface area contributed by atoms with Gasteiger partial charge in [-0.3, -0.25) is 9.59 Å². The number of carbonyl (C=O) groups is 2. The topological polar surface area (TPSA) is 43.4 Å². The van der Waals surface area contributed by atoms with E-state index in [4.69, 9.17) is 0 Å². The number of carbonyl (C=O) groups excluding carboxylic acids is 2. The molecule has 0 fully saturated rings. The Balaban J connectivity index is 4.33. The molecule has 0 aliphatic rings. The Hall–Kier alpha value is -1.12. The zero-order valence-corrected chi connectivity index (χ0v) is 7.66. The Morgan fingerprint density at radius 2 is 2.08 bits per heavy atom. The molecule has 1 unspecified atom stereocenters. The van der Waals surface area contributed by atoms with Crippen molar-refractivity contribution in [2.45, 2.75) is 20.3 Å². The van der Waals surface area contributed by atoms with Gasteiger partial charge in [0.2, 0.25) is 0 Å². The van der Waals surface area contributed by atoms with Gasteiger partial charge < -0.3 is 4.74 Å². The van der Waals surface area contributed by atoms with E-state index in [1.165, 1.54) is 14.0 Å². The van der Waals surface area contributed by atoms with Crippen LogP contribution in [0.1, 0.15) is 20.3 Å². The van der Waals surface area contributed by atoms with Crippen LogP contribution in [-0.4, -0.2) is 18.9 Å². The zero-order chi connectivity index (χ0) is 9.56. The highest BCUT2D eigenvalue weighted by atomic mass is 16.5. The zero-order valence-electron chi connectivity index (χ0n) is 7.66. The van der Waals surface area contributed by atoms with Crippen molar-refractivity contribution in [1.29, 1.82) is 0 Å². The maximum absolute atomic E-state index is 11.0. The average Bonchev–Trinajstić information content (AvgIpc) is 2.04. The number of hydrogen-bond donors (Lipinski definition) is 0. The fourth-order valence-corrected chi connectivity index (χ4v) is 0.779. The predicted octanol–water partition coefficient (Wildman–Crippen LogP) is 1.33. The Morgan fingerprint density at radius 1 is 1.50 bits per heavy atom. The van der Waals surface area contributed by atoms with Crippen molar-refractivity contribution < 1.29 is 14.3 Å². The van der Waals surface area contributed by atoms with Gasteiger partial charge in [0.05, 0.1) is 7.11 Å². The number of ether oxygens (including phenoxy) is 1. The summed E-state index contributed by atoms with van der Waals surface area (Å²) >= 11 is 0. The minimum atomic E-state index is -0.727. The lowest BCUT2D eigenvalue weighted by molar-refractivity contribution is -0.146. The van der Waals surface area contributed by atoms with Crippen LogP contribution in [0.25, 0.3) is 0 Å². The Bertz CT molecular complexity index is 194. The van der Waals surface area contributed by atoms with Crippen LogP contribution in [0.4, 0.5) is 0 Å². The van der Waals surface area contributed by atoms with E-state index in [1.807, 2.05) is 6.92 Å². The molecule has 0 heterocycles. The van der Waals surface area contributed by atoms with E-state index in [0.29, 0.717) is 0 Å². The highest BCUT2D eigenvalue weighted by molar-refractivity contribution is 5.99. The summed E-state index contributed by atoms with van der Waals surface area (Å²) in [6.45, 7) is 3.31. The monoisotopic (exact) mass is 170 g/mol. The first-order valence-electron chi connectivity index (χ1n) is 3.88. The second-order valence-corrected chi connectivity index (χ2v) is 2.45. The number of methoxy groups -OCH3 is 1. The van der Waals surface area contributed by atoms with Crippen LogP contribution in [0.3, 0.4) is 0 Å². The molecule has 3 nitrogen and oxygen atoms in total. The van der Waals surface area contributed by atoms with Gasteiger partial charge in [-0.05, 0) is 13.3 Å². The number of allylic oxidation sites excluding steroid dienone is 1. The van der Waals surface area contributed by atoms with Gasteiger partial charge in [0.1, 0.15) is 11.7 Å². The van der Waals surface area contributed by atoms with Gasteiger partial charge in [0.25, 0.3) is 0 Å². The minimum Gasteiger partial charge on any atom is -0.468 e. The largest absolute Gasteiger partial charge is 0.468 e. The Morgan fingerprint density at radius 3 is 2.42 bits per heavy atom. The molecule has 3 heteroatoms. The summed E-state index contributed by atoms with van der Waals surface area (Å²) in [7, 11) is 1.28. The number of esters is 1. The maximum Gasteiger partial charge on any atom is 0.320 e. The normalized spacial score (nSPS) is 12.9. The van der Waals surface area contributed by atoms with Crippen molar-refractivity contribution in [2.75, 3.05) is 7.11 Å². The Kier molecular flexibility index (Phi) is 5.00. The molecule has 12 heavy (non-hydrogen) atoms. The van der Waals surface area contributed by atoms with E-state index in [-0.39, 0.29) is 5.78 Å². The molecule has 0 saturated heterocycles. The van der Waals surface area contributed by atoms with Gasteiger partial charge in [-0.25, -0.2) is 0 Å². The van der Waals surface area contributed by atoms with Gasteiger partial charge in [-0.15, -0.1) is 0 Å². The van der Waals surface area contributed by atoms with E-state index in [2.05, 4.69) is 4.74 Å². The summed E-state index contributed by atoms with van der Waals surface area (Å²) < 4.78 is 4.46. The van der Waals surface area contributed by atoms with Gasteiger partial charge in [-0.2, -0.15) is 0 Å². The van der Waals surface area contributed by atoms with E-state index >= 15 is 0 Å². The van der Waals surface area contributed by atoms with Gasteiger partial charge >= 0.3 is 5.97 Å². The highest BCUT2D eigenvalue weighted by Crippen LogP contribution is 2.03. The first kappa shape index (κ1) is 10.9. The Labute approximate surface area is 72.4 Å². The van der Waals surface area contributed by atoms with Crippen LogP contribution in [0.2, 0.25) is 0 Å². The fourth-order valence-electron chi connectivity index (χ4n) is 0.779. The molecule has 0 aromatic carbocycles. The molecule has 1 atom stereocenters. The predicted molar refractivity (Wildman–Crippen MR) is 45.6 cm³/mol. The van der Waals surface area contributed by atoms with Gasteiger partial charge in [0, 0.05) is 0 Å². The van der Waals surface area contributed by atoms with E-state index in [1.54, 1.807) is 12.2 Å². The number of rotatable bonds is 4. The third kappa shape index (κ3) is 3.32. The van der Waals surface area contributed by atoms with Crippen molar-refractivity contribution >= 4 is 11.8 Å². The molecule has 0 aromatic heterocycles. The van der Waals surface area contributed by atoms with Crippen molar-refractivity contribution in [3.63, 3.8) is 0 Å². The van der Waals surface area contributed by atoms with Crippen LogP contribution in [-0.2, 0) is 14.3 Å². The summed E-state index contributed by atoms with van der Waals surface area (Å²) in [5.41, 5.74) is 0. The van der Waals surface area contributed by atoms with E-state index in [9.17, 15) is 9.59 Å². The quantitative estimate of drug-likeness (QED) is 0.363. The van der Waals surface area contributed by atoms with E-state index in [0.717, 1.165) is 6.42 Å². The molecule has 0 spiro atoms. The van der Waals surface area contributed by atoms with Crippen LogP contribution in [0.15, 0.2) is 12.2 Å². The molecular formula is C9H14O3. The molecule has 0 bridgehead atoms. The van der Waals surface area contributed by atoms with Gasteiger partial charge in [0.15, 0.2) is 0 Å². The number of Topliss-reactive ketones (excluding diaryl/α,β-unsaturated/α-hetero) is 1. The fraction of sp³-hybridized carbons (Fsp3) is 0.556. The summed E-state index contributed by atoms with van der Waals surface area (Å²) in [4.78, 5) is 21.9. The standard InChI is InChI=1S/C9H14O3/c1-4-5-6-8(7(2)10)9(11)12-3/h5-6,8H,4H2,1-3H3. The van der Waals surface area contributed by atoms with Gasteiger partial charge in [-0.1, -0.05) is 19.1 Å². The summed E-state index contributed by atoms with van der Waals surface area (Å²) in [5, 5.41) is 0. The third-order valence-electron chi connectivity index (χ3n) is 1.46. The molecule has 0 rings (SSSR count). The third-order valence-corrected chi connectivity index (χ3v) is 1.46. The first-order chi connectivity index (χ1) is 5.63. The van der Waals surface area contributed by atoms with Crippen molar-refractivity contribution in [3.8, 4) is 0 Å². The second-order valence-electron chi connectivity index (χ2n) is 2.45. The minimum absolute atomic E-state index is 0.188. The lowest BCUT2D eigenvalue weighted by atomic mass is 10.1. The van der Waals surface area contributed by atoms with Crippen molar-refractivity contribution in [1.82, 2.24) is 0 Å². The summed E-state index contributed by atoms with van der Waals surface area (Å²) in [6.07, 6.45) is 4.16. The van der Waals surface area contributed by atoms with Crippen LogP contribution in [0.5, 0.6) is 0 Å². The number of hydrogen-bond acceptors (Lipinski definition) is 3. The molecule has 0 aromatic rings. The van der Waals surface area contributed by atoms with Crippen LogP contribution in [0, 0.1) is 5.92 Å². The summed E-state index contributed by atoms with van der Waals surface area (Å²) in [5.74, 6) is -1.41. The molecule has 0 saturated carbocycles. The SMILES string of the molecule is CCC=CC(C(C)=O)C(=O)OC. The smallest absolute Gasteiger partial charge is 0.320 e. The molecule has 0 amide bonds. The lowest BCUT2D eigenvalue weighted by Gasteiger charge is -2.04. The average molecular weight is 170 g/mol. The molecule has 0 N–H and O–H groups in total. The number of ketones is 1. The van der Waals surface area contributed by atoms with Crippen LogP contribution >= 0.6 is 0 Å². The van der Waals surface area contributed by atoms with Crippen molar-refractivity contribution in [3.05, 3.63) is 12.2 Å². The maximum atomic E-state index is 11.0. The highest BCUT2D eigenvalue weighted by Gasteiger charge is 2.20. The second kappa shape index (κ2) is 5.52. The summed E-state index contributed by atoms with van der Waals surface area (Å²) in [6, 6.07) is 0. The first-order valence-corrected chi connectivity index (χ1v) is 3.88. The van der Waals surface area contributed by atoms with Crippen molar-refractivity contribution in [2.24, 2.45) is 5.92 Å². The molecular weight excluding hydrogens is 156 g/mol. The van der Waals surface area contributed by atoms with E-state index < -0.39 is 11.9 Å². The molecule has 0 aliphatic carbocycles. The molecule has 0 radical (unpaired) electrons.